The predicted octanol–water partition coefficient (Wildman–Crippen LogP) is -1.26. The van der Waals surface area contributed by atoms with E-state index < -0.39 is 17.9 Å². The molecule has 9 nitrogen and oxygen atoms in total. The van der Waals surface area contributed by atoms with Gasteiger partial charge in [-0.1, -0.05) is 0 Å². The molecule has 0 atom stereocenters. The molecule has 0 aromatic heterocycles. The van der Waals surface area contributed by atoms with Gasteiger partial charge in [0, 0.05) is 33.9 Å². The van der Waals surface area contributed by atoms with Crippen LogP contribution in [-0.2, 0) is 14.4 Å². The number of aliphatic carboxylic acids is 3. The number of carbonyl (C=O) groups is 3. The van der Waals surface area contributed by atoms with Gasteiger partial charge in [-0.05, 0) is 0 Å². The molecule has 0 aliphatic heterocycles. The molecule has 10 heteroatoms. The van der Waals surface area contributed by atoms with Crippen molar-refractivity contribution in [3.05, 3.63) is 0 Å². The molecule has 0 heterocycles. The third-order valence-electron chi connectivity index (χ3n) is 0.390. The number of carboxylic acids is 3. The minimum absolute atomic E-state index is 0.381. The van der Waals surface area contributed by atoms with Crippen LogP contribution < -0.4 is 11.5 Å². The third kappa shape index (κ3) is 2760. The Labute approximate surface area is 136 Å². The molecule has 0 aromatic rings. The molecule has 0 radical (unpaired) electrons. The van der Waals surface area contributed by atoms with Gasteiger partial charge in [-0.3, -0.25) is 14.4 Å². The zero-order chi connectivity index (χ0) is 17.6. The molecular weight excluding hydrogens is 283 g/mol. The van der Waals surface area contributed by atoms with Crippen LogP contribution in [0, 0.1) is 0 Å². The molecule has 20 heavy (non-hydrogen) atoms. The molecule has 8 N–H and O–H groups in total. The average Bonchev–Trinajstić information content (AvgIpc) is 2.26. The van der Waals surface area contributed by atoms with Gasteiger partial charge in [-0.2, -0.15) is 0 Å². The second-order valence-corrected chi connectivity index (χ2v) is 3.86. The van der Waals surface area contributed by atoms with Crippen molar-refractivity contribution < 1.29 is 34.8 Å². The van der Waals surface area contributed by atoms with Gasteiger partial charge < -0.3 is 26.8 Å². The number of rotatable bonds is 2. The van der Waals surface area contributed by atoms with Crippen LogP contribution in [-0.4, -0.2) is 86.0 Å². The van der Waals surface area contributed by atoms with Crippen molar-refractivity contribution in [2.45, 2.75) is 24.4 Å². The average molecular weight is 308 g/mol. The van der Waals surface area contributed by atoms with Crippen LogP contribution in [0.3, 0.4) is 0 Å². The van der Waals surface area contributed by atoms with E-state index in [0.29, 0.717) is 19.7 Å². The molecule has 118 valence electrons. The second-order valence-electron chi connectivity index (χ2n) is 2.86. The summed E-state index contributed by atoms with van der Waals surface area (Å²) in [6.07, 6.45) is 0. The van der Waals surface area contributed by atoms with E-state index in [4.69, 9.17) is 46.3 Å². The number of carboxylic acid groups (broad SMARTS) is 3. The number of hydrogen-bond donors (Lipinski definition) is 6. The third-order valence-corrected chi connectivity index (χ3v) is 0.837. The quantitative estimate of drug-likeness (QED) is 0.339. The van der Waals surface area contributed by atoms with Crippen LogP contribution in [0.1, 0.15) is 20.8 Å². The fourth-order valence-electron chi connectivity index (χ4n) is 0. The van der Waals surface area contributed by atoms with E-state index in [9.17, 15) is 0 Å². The van der Waals surface area contributed by atoms with E-state index in [2.05, 4.69) is 0 Å². The molecule has 0 bridgehead atoms. The number of hydrogen-bond acceptors (Lipinski definition) is 6. The molecule has 0 spiro atoms. The maximum absolute atomic E-state index is 9.00. The molecular formula is C10H25N2NaO7. The van der Waals surface area contributed by atoms with Crippen molar-refractivity contribution in [2.24, 2.45) is 11.5 Å². The van der Waals surface area contributed by atoms with Gasteiger partial charge in [-0.15, -0.1) is 0 Å². The first-order valence-electron chi connectivity index (χ1n) is 5.62. The van der Waals surface area contributed by atoms with E-state index in [1.165, 1.54) is 0 Å². The van der Waals surface area contributed by atoms with E-state index in [0.717, 1.165) is 52.4 Å². The van der Waals surface area contributed by atoms with Crippen LogP contribution in [0.15, 0.2) is 0 Å². The molecule has 0 aliphatic rings. The van der Waals surface area contributed by atoms with E-state index in [1.807, 2.05) is 0 Å². The van der Waals surface area contributed by atoms with Crippen molar-refractivity contribution in [2.75, 3.05) is 19.7 Å². The van der Waals surface area contributed by atoms with Crippen LogP contribution in [0.4, 0.5) is 0 Å². The number of nitrogens with two attached hydrogens (primary N) is 2. The first kappa shape index (κ1) is 31.6. The van der Waals surface area contributed by atoms with Crippen molar-refractivity contribution in [3.8, 4) is 0 Å². The van der Waals surface area contributed by atoms with E-state index in [1.54, 1.807) is 0 Å². The van der Waals surface area contributed by atoms with E-state index in [-0.39, 0.29) is 0 Å². The van der Waals surface area contributed by atoms with Gasteiger partial charge in [0.2, 0.25) is 0 Å². The molecule has 0 rings (SSSR count). The number of aliphatic hydroxyl groups is 1. The Morgan fingerprint density at radius 3 is 0.950 bits per heavy atom. The summed E-state index contributed by atoms with van der Waals surface area (Å²) in [5.74, 6) is -2.50. The standard InChI is InChI=1S/C2H8N2.3C2H4O2.C2H5O.Na/c3-1-2-4;3*1-2(3)4;1-2-3;/h1-4H2;3*1H3,(H,3,4);3H,1-2H2;. The Morgan fingerprint density at radius 1 is 0.850 bits per heavy atom. The second kappa shape index (κ2) is 36.2. The Balaban J connectivity index is -0.0000000469. The molecule has 0 fully saturated rings. The van der Waals surface area contributed by atoms with Crippen LogP contribution in [0.2, 0.25) is 3.67 Å². The predicted molar refractivity (Wildman–Crippen MR) is 75.7 cm³/mol. The first-order chi connectivity index (χ1) is 9.02. The zero-order valence-electron chi connectivity index (χ0n) is 12.5. The summed E-state index contributed by atoms with van der Waals surface area (Å²) in [6, 6.07) is 0. The molecule has 0 saturated heterocycles. The van der Waals surface area contributed by atoms with Crippen molar-refractivity contribution in [1.29, 1.82) is 0 Å². The van der Waals surface area contributed by atoms with Crippen molar-refractivity contribution >= 4 is 45.8 Å². The Bertz CT molecular complexity index is 167. The monoisotopic (exact) mass is 308 g/mol. The van der Waals surface area contributed by atoms with Gasteiger partial charge in [0.25, 0.3) is 17.9 Å². The van der Waals surface area contributed by atoms with E-state index >= 15 is 0 Å². The van der Waals surface area contributed by atoms with Crippen molar-refractivity contribution in [1.82, 2.24) is 0 Å². The summed E-state index contributed by atoms with van der Waals surface area (Å²) < 4.78 is 1.01. The number of aliphatic hydroxyl groups excluding tert-OH is 1. The summed E-state index contributed by atoms with van der Waals surface area (Å²) in [5.41, 5.74) is 9.81. The van der Waals surface area contributed by atoms with Gasteiger partial charge in [-0.25, -0.2) is 0 Å². The maximum atomic E-state index is 9.00. The first-order valence-corrected chi connectivity index (χ1v) is 7.04. The Morgan fingerprint density at radius 2 is 0.950 bits per heavy atom. The molecule has 0 aromatic carbocycles. The fourth-order valence-corrected chi connectivity index (χ4v) is 0. The summed E-state index contributed by atoms with van der Waals surface area (Å²) in [6.45, 7) is 4.83. The van der Waals surface area contributed by atoms with Gasteiger partial charge in [0.05, 0.1) is 0 Å². The minimum atomic E-state index is -0.833. The Kier molecular flexibility index (Phi) is 57.2. The Hall–Kier alpha value is -0.710. The van der Waals surface area contributed by atoms with Crippen LogP contribution in [0.5, 0.6) is 0 Å². The zero-order valence-corrected chi connectivity index (χ0v) is 14.5. The molecule has 0 amide bonds. The molecule has 0 saturated carbocycles. The van der Waals surface area contributed by atoms with Crippen LogP contribution in [0.25, 0.3) is 0 Å². The van der Waals surface area contributed by atoms with Gasteiger partial charge >= 0.3 is 43.3 Å². The summed E-state index contributed by atoms with van der Waals surface area (Å²) >= 11 is 1.14. The normalized spacial score (nSPS) is 6.80. The summed E-state index contributed by atoms with van der Waals surface area (Å²) in [4.78, 5) is 27.0. The topological polar surface area (TPSA) is 184 Å². The summed E-state index contributed by atoms with van der Waals surface area (Å²) in [5, 5.41) is 30.2. The van der Waals surface area contributed by atoms with Crippen molar-refractivity contribution in [3.63, 3.8) is 0 Å². The van der Waals surface area contributed by atoms with Gasteiger partial charge in [0.1, 0.15) is 0 Å². The summed E-state index contributed by atoms with van der Waals surface area (Å²) in [7, 11) is 0. The fraction of sp³-hybridized carbons (Fsp3) is 0.700. The van der Waals surface area contributed by atoms with Gasteiger partial charge in [0.15, 0.2) is 0 Å². The van der Waals surface area contributed by atoms with Crippen LogP contribution >= 0.6 is 0 Å². The molecule has 0 aliphatic carbocycles. The molecule has 0 unspecified atom stereocenters. The SMILES string of the molecule is CC(=O)O.CC(=O)O.CC(=O)O.NCCN.OC[CH2][Na].